The number of hydrogen-bond donors (Lipinski definition) is 2. The van der Waals surface area contributed by atoms with E-state index in [1.165, 1.54) is 11.1 Å². The largest absolute Gasteiger partial charge is 0.492 e. The summed E-state index contributed by atoms with van der Waals surface area (Å²) >= 11 is 3.53. The molecule has 1 heterocycles. The maximum absolute atomic E-state index is 5.54. The molecule has 0 spiro atoms. The lowest BCUT2D eigenvalue weighted by Gasteiger charge is -2.06. The third kappa shape index (κ3) is 2.93. The second kappa shape index (κ2) is 5.94. The van der Waals surface area contributed by atoms with E-state index in [9.17, 15) is 0 Å². The Morgan fingerprint density at radius 2 is 2.21 bits per heavy atom. The number of hydrogen-bond acceptors (Lipinski definition) is 3. The van der Waals surface area contributed by atoms with Crippen LogP contribution in [0.25, 0.3) is 0 Å². The Hall–Kier alpha value is -0.670. The molecule has 0 aliphatic carbocycles. The van der Waals surface area contributed by atoms with Crippen LogP contribution in [0.5, 0.6) is 5.75 Å². The van der Waals surface area contributed by atoms with Crippen molar-refractivity contribution in [2.75, 3.05) is 19.4 Å². The first-order chi connectivity index (χ1) is 6.86. The number of benzene rings is 1. The molecule has 80 valence electrons. The SMILES string of the molecule is CS.Cc1ccc2c(c1)CNCCO2.[HH]. The summed E-state index contributed by atoms with van der Waals surface area (Å²) in [4.78, 5) is 0. The van der Waals surface area contributed by atoms with Crippen LogP contribution in [-0.4, -0.2) is 19.4 Å². The van der Waals surface area contributed by atoms with Crippen LogP contribution in [-0.2, 0) is 6.54 Å². The Kier molecular flexibility index (Phi) is 4.84. The van der Waals surface area contributed by atoms with Crippen molar-refractivity contribution in [3.05, 3.63) is 29.3 Å². The third-order valence-electron chi connectivity index (χ3n) is 2.07. The molecule has 0 fully saturated rings. The number of nitrogens with one attached hydrogen (secondary N) is 1. The van der Waals surface area contributed by atoms with E-state index in [0.717, 1.165) is 25.4 Å². The Morgan fingerprint density at radius 1 is 1.43 bits per heavy atom. The molecule has 0 saturated carbocycles. The average Bonchev–Trinajstić information content (AvgIpc) is 2.45. The summed E-state index contributed by atoms with van der Waals surface area (Å²) in [5, 5.41) is 3.31. The second-order valence-electron chi connectivity index (χ2n) is 3.14. The molecule has 0 atom stereocenters. The highest BCUT2D eigenvalue weighted by Gasteiger charge is 2.06. The monoisotopic (exact) mass is 213 g/mol. The van der Waals surface area contributed by atoms with E-state index >= 15 is 0 Å². The van der Waals surface area contributed by atoms with Crippen molar-refractivity contribution >= 4 is 12.6 Å². The highest BCUT2D eigenvalue weighted by atomic mass is 32.1. The van der Waals surface area contributed by atoms with Crippen molar-refractivity contribution in [2.24, 2.45) is 0 Å². The molecule has 1 aliphatic rings. The lowest BCUT2D eigenvalue weighted by molar-refractivity contribution is 0.325. The van der Waals surface area contributed by atoms with Gasteiger partial charge in [0, 0.05) is 20.1 Å². The number of aryl methyl sites for hydroxylation is 1. The maximum atomic E-state index is 5.54. The van der Waals surface area contributed by atoms with Crippen LogP contribution in [0.4, 0.5) is 0 Å². The van der Waals surface area contributed by atoms with E-state index in [1.54, 1.807) is 6.26 Å². The van der Waals surface area contributed by atoms with Crippen molar-refractivity contribution < 1.29 is 6.16 Å². The van der Waals surface area contributed by atoms with Gasteiger partial charge in [0.05, 0.1) is 0 Å². The summed E-state index contributed by atoms with van der Waals surface area (Å²) in [7, 11) is 0. The molecule has 0 saturated heterocycles. The minimum Gasteiger partial charge on any atom is -0.492 e. The van der Waals surface area contributed by atoms with Crippen molar-refractivity contribution in [1.29, 1.82) is 0 Å². The topological polar surface area (TPSA) is 21.3 Å². The van der Waals surface area contributed by atoms with Crippen LogP contribution in [0, 0.1) is 6.92 Å². The van der Waals surface area contributed by atoms with Crippen molar-refractivity contribution in [3.63, 3.8) is 0 Å². The first kappa shape index (κ1) is 11.4. The van der Waals surface area contributed by atoms with Crippen molar-refractivity contribution in [2.45, 2.75) is 13.5 Å². The van der Waals surface area contributed by atoms with E-state index in [0.29, 0.717) is 0 Å². The summed E-state index contributed by atoms with van der Waals surface area (Å²) < 4.78 is 5.54. The van der Waals surface area contributed by atoms with E-state index < -0.39 is 0 Å². The van der Waals surface area contributed by atoms with Gasteiger partial charge in [-0.05, 0) is 19.2 Å². The van der Waals surface area contributed by atoms with Crippen LogP contribution in [0.3, 0.4) is 0 Å². The Balaban J connectivity index is 0.000000617. The van der Waals surface area contributed by atoms with Crippen LogP contribution < -0.4 is 10.1 Å². The molecular weight excluding hydrogens is 194 g/mol. The fraction of sp³-hybridized carbons (Fsp3) is 0.455. The van der Waals surface area contributed by atoms with Gasteiger partial charge in [0.1, 0.15) is 12.4 Å². The van der Waals surface area contributed by atoms with Gasteiger partial charge in [0.2, 0.25) is 0 Å². The van der Waals surface area contributed by atoms with Crippen LogP contribution in [0.2, 0.25) is 0 Å². The maximum Gasteiger partial charge on any atom is 0.123 e. The molecule has 14 heavy (non-hydrogen) atoms. The van der Waals surface area contributed by atoms with Crippen LogP contribution in [0.15, 0.2) is 18.2 Å². The Labute approximate surface area is 92.6 Å². The first-order valence-electron chi connectivity index (χ1n) is 4.74. The van der Waals surface area contributed by atoms with Gasteiger partial charge in [-0.25, -0.2) is 0 Å². The molecule has 3 heteroatoms. The summed E-state index contributed by atoms with van der Waals surface area (Å²) in [6.45, 7) is 4.74. The molecular formula is C11H19NOS. The second-order valence-corrected chi connectivity index (χ2v) is 3.14. The number of thiol groups is 1. The summed E-state index contributed by atoms with van der Waals surface area (Å²) in [5.41, 5.74) is 2.56. The van der Waals surface area contributed by atoms with Gasteiger partial charge < -0.3 is 10.1 Å². The number of fused-ring (bicyclic) bond motifs is 1. The number of ether oxygens (including phenoxy) is 1. The zero-order valence-corrected chi connectivity index (χ0v) is 9.60. The van der Waals surface area contributed by atoms with Crippen molar-refractivity contribution in [1.82, 2.24) is 5.32 Å². The molecule has 1 aromatic carbocycles. The first-order valence-corrected chi connectivity index (χ1v) is 5.63. The van der Waals surface area contributed by atoms with Gasteiger partial charge in [0.15, 0.2) is 0 Å². The molecule has 1 aliphatic heterocycles. The zero-order valence-electron chi connectivity index (χ0n) is 8.71. The van der Waals surface area contributed by atoms with Gasteiger partial charge in [0.25, 0.3) is 0 Å². The zero-order chi connectivity index (χ0) is 10.4. The van der Waals surface area contributed by atoms with E-state index in [4.69, 9.17) is 4.74 Å². The average molecular weight is 213 g/mol. The molecule has 0 amide bonds. The normalized spacial score (nSPS) is 14.2. The van der Waals surface area contributed by atoms with Gasteiger partial charge in [-0.3, -0.25) is 0 Å². The predicted octanol–water partition coefficient (Wildman–Crippen LogP) is 2.27. The molecule has 1 N–H and O–H groups in total. The molecule has 0 radical (unpaired) electrons. The highest BCUT2D eigenvalue weighted by molar-refractivity contribution is 7.79. The molecule has 0 unspecified atom stereocenters. The summed E-state index contributed by atoms with van der Waals surface area (Å²) in [6.07, 6.45) is 1.69. The molecule has 2 rings (SSSR count). The fourth-order valence-electron chi connectivity index (χ4n) is 1.44. The van der Waals surface area contributed by atoms with Crippen LogP contribution in [0.1, 0.15) is 12.6 Å². The standard InChI is InChI=1S/C10H13NO.CH4S.H2/c1-8-2-3-10-9(6-8)7-11-4-5-12-10;1-2;/h2-3,6,11H,4-5,7H2,1H3;2H,1H3;1H. The molecule has 0 bridgehead atoms. The minimum absolute atomic E-state index is 0. The highest BCUT2D eigenvalue weighted by Crippen LogP contribution is 2.20. The summed E-state index contributed by atoms with van der Waals surface area (Å²) in [5.74, 6) is 1.03. The van der Waals surface area contributed by atoms with Gasteiger partial charge in [-0.2, -0.15) is 12.6 Å². The summed E-state index contributed by atoms with van der Waals surface area (Å²) in [6, 6.07) is 6.31. The fourth-order valence-corrected chi connectivity index (χ4v) is 1.44. The minimum atomic E-state index is 0. The molecule has 0 aromatic heterocycles. The molecule has 1 aromatic rings. The van der Waals surface area contributed by atoms with Crippen LogP contribution >= 0.6 is 12.6 Å². The quantitative estimate of drug-likeness (QED) is 0.645. The third-order valence-corrected chi connectivity index (χ3v) is 2.07. The Bertz CT molecular complexity index is 294. The lowest BCUT2D eigenvalue weighted by atomic mass is 10.1. The smallest absolute Gasteiger partial charge is 0.123 e. The predicted molar refractivity (Wildman–Crippen MR) is 65.4 cm³/mol. The van der Waals surface area contributed by atoms with E-state index in [2.05, 4.69) is 43.1 Å². The molecule has 2 nitrogen and oxygen atoms in total. The van der Waals surface area contributed by atoms with Crippen molar-refractivity contribution in [3.8, 4) is 5.75 Å². The number of rotatable bonds is 0. The Morgan fingerprint density at radius 3 is 3.00 bits per heavy atom. The lowest BCUT2D eigenvalue weighted by Crippen LogP contribution is -2.16. The van der Waals surface area contributed by atoms with Gasteiger partial charge in [-0.1, -0.05) is 17.7 Å². The van der Waals surface area contributed by atoms with Gasteiger partial charge >= 0.3 is 0 Å². The van der Waals surface area contributed by atoms with E-state index in [-0.39, 0.29) is 1.43 Å². The van der Waals surface area contributed by atoms with E-state index in [1.807, 2.05) is 0 Å². The van der Waals surface area contributed by atoms with Gasteiger partial charge in [-0.15, -0.1) is 0 Å².